The Morgan fingerprint density at radius 3 is 2.80 bits per heavy atom. The summed E-state index contributed by atoms with van der Waals surface area (Å²) >= 11 is 0. The highest BCUT2D eigenvalue weighted by atomic mass is 16.5. The molecule has 2 heterocycles. The molecule has 5 heteroatoms. The molecule has 2 rings (SSSR count). The third-order valence-electron chi connectivity index (χ3n) is 4.39. The van der Waals surface area contributed by atoms with Crippen molar-refractivity contribution >= 4 is 11.9 Å². The number of amides is 1. The van der Waals surface area contributed by atoms with E-state index < -0.39 is 0 Å². The molecule has 3 unspecified atom stereocenters. The Kier molecular flexibility index (Phi) is 5.40. The summed E-state index contributed by atoms with van der Waals surface area (Å²) in [6, 6.07) is -0.0790. The second kappa shape index (κ2) is 7.07. The number of rotatable bonds is 3. The van der Waals surface area contributed by atoms with Gasteiger partial charge >= 0.3 is 5.97 Å². The van der Waals surface area contributed by atoms with Gasteiger partial charge in [0.15, 0.2) is 0 Å². The van der Waals surface area contributed by atoms with E-state index in [0.717, 1.165) is 38.8 Å². The normalized spacial score (nSPS) is 30.9. The molecule has 20 heavy (non-hydrogen) atoms. The topological polar surface area (TPSA) is 58.6 Å². The van der Waals surface area contributed by atoms with Crippen LogP contribution in [0.25, 0.3) is 0 Å². The Morgan fingerprint density at radius 2 is 2.10 bits per heavy atom. The lowest BCUT2D eigenvalue weighted by molar-refractivity contribution is -0.151. The van der Waals surface area contributed by atoms with Crippen LogP contribution in [0.5, 0.6) is 0 Å². The van der Waals surface area contributed by atoms with Gasteiger partial charge in [0.25, 0.3) is 0 Å². The molecule has 0 radical (unpaired) electrons. The van der Waals surface area contributed by atoms with E-state index in [4.69, 9.17) is 4.74 Å². The summed E-state index contributed by atoms with van der Waals surface area (Å²) in [4.78, 5) is 26.3. The zero-order valence-corrected chi connectivity index (χ0v) is 12.6. The molecular formula is C15H26N2O3. The molecule has 114 valence electrons. The van der Waals surface area contributed by atoms with Crippen LogP contribution < -0.4 is 5.32 Å². The lowest BCUT2D eigenvalue weighted by atomic mass is 9.90. The molecule has 0 bridgehead atoms. The monoisotopic (exact) mass is 282 g/mol. The van der Waals surface area contributed by atoms with Gasteiger partial charge in [0, 0.05) is 13.1 Å². The van der Waals surface area contributed by atoms with Crippen LogP contribution in [0, 0.1) is 11.8 Å². The van der Waals surface area contributed by atoms with Gasteiger partial charge in [-0.1, -0.05) is 6.92 Å². The molecule has 2 aliphatic rings. The fourth-order valence-corrected chi connectivity index (χ4v) is 3.21. The lowest BCUT2D eigenvalue weighted by Gasteiger charge is -2.37. The summed E-state index contributed by atoms with van der Waals surface area (Å²) in [5, 5.41) is 3.33. The lowest BCUT2D eigenvalue weighted by Crippen LogP contribution is -2.54. The minimum atomic E-state index is -0.158. The maximum Gasteiger partial charge on any atom is 0.310 e. The third kappa shape index (κ3) is 3.51. The summed E-state index contributed by atoms with van der Waals surface area (Å²) in [7, 11) is 0. The Bertz CT molecular complexity index is 359. The number of likely N-dealkylation sites (tertiary alicyclic amines) is 1. The smallest absolute Gasteiger partial charge is 0.310 e. The maximum atomic E-state index is 12.6. The molecule has 2 aliphatic heterocycles. The predicted molar refractivity (Wildman–Crippen MR) is 76.1 cm³/mol. The Labute approximate surface area is 121 Å². The number of carbonyl (C=O) groups excluding carboxylic acids is 2. The van der Waals surface area contributed by atoms with E-state index in [2.05, 4.69) is 12.2 Å². The highest BCUT2D eigenvalue weighted by molar-refractivity contribution is 5.83. The van der Waals surface area contributed by atoms with Crippen LogP contribution in [0.1, 0.15) is 39.5 Å². The molecule has 2 fully saturated rings. The molecule has 2 saturated heterocycles. The van der Waals surface area contributed by atoms with Crippen molar-refractivity contribution in [3.63, 3.8) is 0 Å². The molecular weight excluding hydrogens is 256 g/mol. The first-order valence-electron chi connectivity index (χ1n) is 7.82. The Morgan fingerprint density at radius 1 is 1.30 bits per heavy atom. The second-order valence-electron chi connectivity index (χ2n) is 5.93. The molecule has 0 spiro atoms. The molecule has 0 aromatic heterocycles. The highest BCUT2D eigenvalue weighted by Gasteiger charge is 2.35. The highest BCUT2D eigenvalue weighted by Crippen LogP contribution is 2.22. The van der Waals surface area contributed by atoms with Crippen LogP contribution in [0.4, 0.5) is 0 Å². The number of nitrogens with zero attached hydrogens (tertiary/aromatic N) is 1. The third-order valence-corrected chi connectivity index (χ3v) is 4.39. The zero-order chi connectivity index (χ0) is 14.5. The number of ether oxygens (including phenoxy) is 1. The molecule has 1 amide bonds. The number of esters is 1. The fraction of sp³-hybridized carbons (Fsp3) is 0.867. The van der Waals surface area contributed by atoms with E-state index in [1.807, 2.05) is 11.8 Å². The summed E-state index contributed by atoms with van der Waals surface area (Å²) in [5.41, 5.74) is 0. The van der Waals surface area contributed by atoms with E-state index in [-0.39, 0.29) is 23.8 Å². The van der Waals surface area contributed by atoms with Gasteiger partial charge in [-0.2, -0.15) is 0 Å². The number of carbonyl (C=O) groups is 2. The Hall–Kier alpha value is -1.10. The maximum absolute atomic E-state index is 12.6. The summed E-state index contributed by atoms with van der Waals surface area (Å²) in [6.07, 6.45) is 3.95. The van der Waals surface area contributed by atoms with Crippen LogP contribution >= 0.6 is 0 Å². The van der Waals surface area contributed by atoms with E-state index in [1.165, 1.54) is 0 Å². The van der Waals surface area contributed by atoms with E-state index >= 15 is 0 Å². The molecule has 1 N–H and O–H groups in total. The van der Waals surface area contributed by atoms with Crippen LogP contribution in [0.2, 0.25) is 0 Å². The average Bonchev–Trinajstić information content (AvgIpc) is 2.47. The van der Waals surface area contributed by atoms with Crippen molar-refractivity contribution in [2.24, 2.45) is 11.8 Å². The molecule has 5 nitrogen and oxygen atoms in total. The van der Waals surface area contributed by atoms with Gasteiger partial charge < -0.3 is 15.0 Å². The Balaban J connectivity index is 1.94. The first kappa shape index (κ1) is 15.3. The standard InChI is InChI=1S/C15H26N2O3/c1-3-20-15(19)12-7-5-9-17(10-12)14(18)13-11(2)6-4-8-16-13/h11-13,16H,3-10H2,1-2H3. The zero-order valence-electron chi connectivity index (χ0n) is 12.6. The van der Waals surface area contributed by atoms with Gasteiger partial charge in [-0.25, -0.2) is 0 Å². The van der Waals surface area contributed by atoms with Crippen molar-refractivity contribution in [2.45, 2.75) is 45.6 Å². The van der Waals surface area contributed by atoms with Crippen LogP contribution in [-0.4, -0.2) is 49.1 Å². The molecule has 0 aromatic carbocycles. The predicted octanol–water partition coefficient (Wildman–Crippen LogP) is 1.18. The minimum absolute atomic E-state index is 0.0790. The number of nitrogens with one attached hydrogen (secondary N) is 1. The SMILES string of the molecule is CCOC(=O)C1CCCN(C(=O)C2NCCCC2C)C1. The summed E-state index contributed by atoms with van der Waals surface area (Å²) in [5.74, 6) is 0.228. The van der Waals surface area contributed by atoms with Crippen molar-refractivity contribution in [1.82, 2.24) is 10.2 Å². The molecule has 3 atom stereocenters. The largest absolute Gasteiger partial charge is 0.466 e. The molecule has 0 aliphatic carbocycles. The molecule has 0 aromatic rings. The quantitative estimate of drug-likeness (QED) is 0.790. The average molecular weight is 282 g/mol. The van der Waals surface area contributed by atoms with Gasteiger partial charge in [0.2, 0.25) is 5.91 Å². The fourth-order valence-electron chi connectivity index (χ4n) is 3.21. The van der Waals surface area contributed by atoms with Crippen LogP contribution in [0.15, 0.2) is 0 Å². The van der Waals surface area contributed by atoms with Gasteiger partial charge in [-0.05, 0) is 45.1 Å². The van der Waals surface area contributed by atoms with Crippen molar-refractivity contribution in [3.05, 3.63) is 0 Å². The number of hydrogen-bond acceptors (Lipinski definition) is 4. The van der Waals surface area contributed by atoms with Gasteiger partial charge in [-0.15, -0.1) is 0 Å². The second-order valence-corrected chi connectivity index (χ2v) is 5.93. The number of hydrogen-bond donors (Lipinski definition) is 1. The van der Waals surface area contributed by atoms with Crippen molar-refractivity contribution in [2.75, 3.05) is 26.2 Å². The van der Waals surface area contributed by atoms with E-state index in [9.17, 15) is 9.59 Å². The summed E-state index contributed by atoms with van der Waals surface area (Å²) in [6.45, 7) is 6.54. The van der Waals surface area contributed by atoms with Crippen molar-refractivity contribution < 1.29 is 14.3 Å². The van der Waals surface area contributed by atoms with E-state index in [0.29, 0.717) is 19.1 Å². The summed E-state index contributed by atoms with van der Waals surface area (Å²) < 4.78 is 5.08. The first-order chi connectivity index (χ1) is 9.63. The first-order valence-corrected chi connectivity index (χ1v) is 7.82. The van der Waals surface area contributed by atoms with Crippen LogP contribution in [0.3, 0.4) is 0 Å². The van der Waals surface area contributed by atoms with Gasteiger partial charge in [0.05, 0.1) is 18.6 Å². The molecule has 0 saturated carbocycles. The van der Waals surface area contributed by atoms with E-state index in [1.54, 1.807) is 0 Å². The van der Waals surface area contributed by atoms with Crippen molar-refractivity contribution in [1.29, 1.82) is 0 Å². The minimum Gasteiger partial charge on any atom is -0.466 e. The number of piperidine rings is 2. The van der Waals surface area contributed by atoms with Crippen molar-refractivity contribution in [3.8, 4) is 0 Å². The van der Waals surface area contributed by atoms with Crippen LogP contribution in [-0.2, 0) is 14.3 Å². The van der Waals surface area contributed by atoms with Gasteiger partial charge in [0.1, 0.15) is 0 Å². The van der Waals surface area contributed by atoms with Gasteiger partial charge in [-0.3, -0.25) is 9.59 Å².